The monoisotopic (exact) mass is 297 g/mol. The molecule has 0 fully saturated rings. The van der Waals surface area contributed by atoms with Gasteiger partial charge < -0.3 is 16.0 Å². The van der Waals surface area contributed by atoms with Crippen LogP contribution in [-0.4, -0.2) is 27.0 Å². The fourth-order valence-electron chi connectivity index (χ4n) is 2.29. The standard InChI is InChI=1S/C15H15N5O2/c16-15(22)20-8-11-12(9-20)18-19-14(11)17-13(21)7-6-10-4-2-1-3-5-10/h1-7H,8-9H2,(H2,16,22)(H2,17,18,19,21). The average Bonchev–Trinajstić information content (AvgIpc) is 3.08. The summed E-state index contributed by atoms with van der Waals surface area (Å²) < 4.78 is 0. The maximum Gasteiger partial charge on any atom is 0.315 e. The van der Waals surface area contributed by atoms with Gasteiger partial charge in [0.2, 0.25) is 5.91 Å². The van der Waals surface area contributed by atoms with Gasteiger partial charge in [0.15, 0.2) is 0 Å². The van der Waals surface area contributed by atoms with Crippen molar-refractivity contribution < 1.29 is 9.59 Å². The molecule has 4 N–H and O–H groups in total. The summed E-state index contributed by atoms with van der Waals surface area (Å²) >= 11 is 0. The Kier molecular flexibility index (Phi) is 3.61. The summed E-state index contributed by atoms with van der Waals surface area (Å²) in [5, 5.41) is 9.59. The molecular formula is C15H15N5O2. The highest BCUT2D eigenvalue weighted by Gasteiger charge is 2.27. The maximum atomic E-state index is 11.9. The van der Waals surface area contributed by atoms with E-state index in [2.05, 4.69) is 15.5 Å². The third kappa shape index (κ3) is 2.83. The van der Waals surface area contributed by atoms with Gasteiger partial charge >= 0.3 is 6.03 Å². The average molecular weight is 297 g/mol. The zero-order valence-corrected chi connectivity index (χ0v) is 11.7. The molecule has 3 rings (SSSR count). The second-order valence-corrected chi connectivity index (χ2v) is 4.95. The van der Waals surface area contributed by atoms with Crippen LogP contribution in [0.15, 0.2) is 36.4 Å². The topological polar surface area (TPSA) is 104 Å². The molecule has 22 heavy (non-hydrogen) atoms. The molecule has 2 aromatic rings. The number of rotatable bonds is 3. The highest BCUT2D eigenvalue weighted by molar-refractivity contribution is 6.01. The lowest BCUT2D eigenvalue weighted by atomic mass is 10.2. The molecule has 2 heterocycles. The summed E-state index contributed by atoms with van der Waals surface area (Å²) in [6, 6.07) is 9.02. The van der Waals surface area contributed by atoms with Crippen LogP contribution in [0.4, 0.5) is 10.6 Å². The first-order valence-electron chi connectivity index (χ1n) is 6.78. The molecule has 0 aliphatic carbocycles. The van der Waals surface area contributed by atoms with E-state index in [1.54, 1.807) is 6.08 Å². The minimum Gasteiger partial charge on any atom is -0.351 e. The van der Waals surface area contributed by atoms with E-state index in [0.29, 0.717) is 18.9 Å². The van der Waals surface area contributed by atoms with Crippen molar-refractivity contribution in [2.24, 2.45) is 5.73 Å². The minimum atomic E-state index is -0.501. The predicted molar refractivity (Wildman–Crippen MR) is 81.5 cm³/mol. The molecule has 7 nitrogen and oxygen atoms in total. The minimum absolute atomic E-state index is 0.271. The number of hydrogen-bond acceptors (Lipinski definition) is 3. The molecule has 3 amide bonds. The SMILES string of the molecule is NC(=O)N1Cc2n[nH]c(NC(=O)C=Cc3ccccc3)c2C1. The summed E-state index contributed by atoms with van der Waals surface area (Å²) in [6.45, 7) is 0.704. The number of urea groups is 1. The number of nitrogens with one attached hydrogen (secondary N) is 2. The number of hydrogen-bond donors (Lipinski definition) is 3. The van der Waals surface area contributed by atoms with Crippen LogP contribution in [0.3, 0.4) is 0 Å². The van der Waals surface area contributed by atoms with Crippen LogP contribution < -0.4 is 11.1 Å². The maximum absolute atomic E-state index is 11.9. The number of primary amides is 1. The number of fused-ring (bicyclic) bond motifs is 1. The van der Waals surface area contributed by atoms with Crippen molar-refractivity contribution in [1.82, 2.24) is 15.1 Å². The fraction of sp³-hybridized carbons (Fsp3) is 0.133. The summed E-state index contributed by atoms with van der Waals surface area (Å²) in [5.41, 5.74) is 7.70. The highest BCUT2D eigenvalue weighted by Crippen LogP contribution is 2.26. The van der Waals surface area contributed by atoms with Gasteiger partial charge in [-0.3, -0.25) is 9.89 Å². The first-order valence-corrected chi connectivity index (χ1v) is 6.78. The number of anilines is 1. The molecule has 7 heteroatoms. The number of aromatic nitrogens is 2. The molecule has 0 saturated heterocycles. The quantitative estimate of drug-likeness (QED) is 0.747. The smallest absolute Gasteiger partial charge is 0.315 e. The van der Waals surface area contributed by atoms with Crippen molar-refractivity contribution in [3.05, 3.63) is 53.2 Å². The van der Waals surface area contributed by atoms with Crippen LogP contribution in [0.5, 0.6) is 0 Å². The Balaban J connectivity index is 1.67. The number of carbonyl (C=O) groups excluding carboxylic acids is 2. The Labute approximate surface area is 126 Å². The summed E-state index contributed by atoms with van der Waals surface area (Å²) in [4.78, 5) is 24.6. The van der Waals surface area contributed by atoms with Crippen molar-refractivity contribution >= 4 is 23.8 Å². The van der Waals surface area contributed by atoms with E-state index in [1.165, 1.54) is 11.0 Å². The number of amides is 3. The Bertz CT molecular complexity index is 736. The van der Waals surface area contributed by atoms with E-state index in [-0.39, 0.29) is 5.91 Å². The number of nitrogens with two attached hydrogens (primary N) is 1. The number of H-pyrrole nitrogens is 1. The lowest BCUT2D eigenvalue weighted by molar-refractivity contribution is -0.111. The Morgan fingerprint density at radius 3 is 2.77 bits per heavy atom. The number of nitrogens with zero attached hydrogens (tertiary/aromatic N) is 2. The molecule has 0 radical (unpaired) electrons. The highest BCUT2D eigenvalue weighted by atomic mass is 16.2. The summed E-state index contributed by atoms with van der Waals surface area (Å²) in [5.74, 6) is 0.231. The molecule has 0 bridgehead atoms. The van der Waals surface area contributed by atoms with Crippen LogP contribution in [-0.2, 0) is 17.9 Å². The van der Waals surface area contributed by atoms with Crippen LogP contribution in [0.25, 0.3) is 6.08 Å². The van der Waals surface area contributed by atoms with Crippen LogP contribution >= 0.6 is 0 Å². The van der Waals surface area contributed by atoms with Crippen LogP contribution in [0, 0.1) is 0 Å². The van der Waals surface area contributed by atoms with Crippen molar-refractivity contribution in [3.63, 3.8) is 0 Å². The zero-order chi connectivity index (χ0) is 15.5. The van der Waals surface area contributed by atoms with E-state index in [9.17, 15) is 9.59 Å². The van der Waals surface area contributed by atoms with Gasteiger partial charge in [-0.25, -0.2) is 4.79 Å². The first kappa shape index (κ1) is 13.9. The zero-order valence-electron chi connectivity index (χ0n) is 11.7. The summed E-state index contributed by atoms with van der Waals surface area (Å²) in [6.07, 6.45) is 3.17. The van der Waals surface area contributed by atoms with Crippen LogP contribution in [0.1, 0.15) is 16.8 Å². The molecule has 1 aromatic carbocycles. The van der Waals surface area contributed by atoms with Crippen molar-refractivity contribution in [1.29, 1.82) is 0 Å². The number of carbonyl (C=O) groups is 2. The predicted octanol–water partition coefficient (Wildman–Crippen LogP) is 1.46. The Morgan fingerprint density at radius 1 is 1.27 bits per heavy atom. The fourth-order valence-corrected chi connectivity index (χ4v) is 2.29. The number of benzene rings is 1. The molecule has 1 aliphatic heterocycles. The summed E-state index contributed by atoms with van der Waals surface area (Å²) in [7, 11) is 0. The lowest BCUT2D eigenvalue weighted by Crippen LogP contribution is -2.31. The van der Waals surface area contributed by atoms with Gasteiger partial charge in [-0.05, 0) is 11.6 Å². The van der Waals surface area contributed by atoms with Gasteiger partial charge in [-0.2, -0.15) is 5.10 Å². The number of aromatic amines is 1. The van der Waals surface area contributed by atoms with Gasteiger partial charge in [-0.1, -0.05) is 30.3 Å². The van der Waals surface area contributed by atoms with E-state index in [1.807, 2.05) is 30.3 Å². The van der Waals surface area contributed by atoms with E-state index in [0.717, 1.165) is 16.8 Å². The third-order valence-corrected chi connectivity index (χ3v) is 3.43. The van der Waals surface area contributed by atoms with Crippen molar-refractivity contribution in [3.8, 4) is 0 Å². The lowest BCUT2D eigenvalue weighted by Gasteiger charge is -2.11. The third-order valence-electron chi connectivity index (χ3n) is 3.43. The molecular weight excluding hydrogens is 282 g/mol. The van der Waals surface area contributed by atoms with Crippen molar-refractivity contribution in [2.45, 2.75) is 13.1 Å². The first-order chi connectivity index (χ1) is 10.6. The Hall–Kier alpha value is -3.09. The molecule has 0 atom stereocenters. The molecule has 1 aliphatic rings. The molecule has 0 spiro atoms. The van der Waals surface area contributed by atoms with E-state index >= 15 is 0 Å². The van der Waals surface area contributed by atoms with Gasteiger partial charge in [-0.15, -0.1) is 0 Å². The molecule has 0 saturated carbocycles. The molecule has 112 valence electrons. The van der Waals surface area contributed by atoms with Crippen molar-refractivity contribution in [2.75, 3.05) is 5.32 Å². The second kappa shape index (κ2) is 5.72. The normalized spacial score (nSPS) is 13.4. The van der Waals surface area contributed by atoms with Crippen LogP contribution in [0.2, 0.25) is 0 Å². The molecule has 0 unspecified atom stereocenters. The largest absolute Gasteiger partial charge is 0.351 e. The van der Waals surface area contributed by atoms with Gasteiger partial charge in [0.25, 0.3) is 0 Å². The Morgan fingerprint density at radius 2 is 2.05 bits per heavy atom. The van der Waals surface area contributed by atoms with E-state index < -0.39 is 6.03 Å². The molecule has 1 aromatic heterocycles. The van der Waals surface area contributed by atoms with Gasteiger partial charge in [0.05, 0.1) is 18.8 Å². The van der Waals surface area contributed by atoms with E-state index in [4.69, 9.17) is 5.73 Å². The second-order valence-electron chi connectivity index (χ2n) is 4.95. The van der Waals surface area contributed by atoms with Gasteiger partial charge in [0, 0.05) is 11.6 Å². The van der Waals surface area contributed by atoms with Gasteiger partial charge in [0.1, 0.15) is 5.82 Å².